The van der Waals surface area contributed by atoms with Crippen LogP contribution in [0.1, 0.15) is 39.7 Å². The van der Waals surface area contributed by atoms with Crippen molar-refractivity contribution in [1.82, 2.24) is 5.32 Å². The van der Waals surface area contributed by atoms with Crippen LogP contribution < -0.4 is 5.32 Å². The lowest BCUT2D eigenvalue weighted by molar-refractivity contribution is 0.361. The second kappa shape index (κ2) is 6.67. The van der Waals surface area contributed by atoms with Crippen LogP contribution in [0, 0.1) is 11.7 Å². The largest absolute Gasteiger partial charge is 0.312 e. The molecule has 0 aliphatic carbocycles. The highest BCUT2D eigenvalue weighted by atomic mass is 79.9. The molecule has 1 unspecified atom stereocenters. The van der Waals surface area contributed by atoms with Crippen LogP contribution in [-0.4, -0.2) is 12.1 Å². The molecule has 102 valence electrons. The van der Waals surface area contributed by atoms with Crippen LogP contribution in [0.5, 0.6) is 0 Å². The molecule has 0 bridgehead atoms. The monoisotopic (exact) mass is 315 g/mol. The molecule has 1 N–H and O–H groups in total. The summed E-state index contributed by atoms with van der Waals surface area (Å²) in [7, 11) is 0. The highest BCUT2D eigenvalue weighted by Gasteiger charge is 2.15. The van der Waals surface area contributed by atoms with Crippen LogP contribution in [0.25, 0.3) is 0 Å². The van der Waals surface area contributed by atoms with Gasteiger partial charge in [-0.3, -0.25) is 0 Å². The second-order valence-electron chi connectivity index (χ2n) is 5.85. The minimum absolute atomic E-state index is 0.104. The number of halogens is 2. The smallest absolute Gasteiger partial charge is 0.126 e. The molecular formula is C15H23BrFN. The summed E-state index contributed by atoms with van der Waals surface area (Å²) in [6.07, 6.45) is 1.83. The molecule has 0 aliphatic rings. The number of nitrogens with one attached hydrogen (secondary N) is 1. The van der Waals surface area contributed by atoms with Gasteiger partial charge in [0.2, 0.25) is 0 Å². The van der Waals surface area contributed by atoms with E-state index in [0.29, 0.717) is 5.92 Å². The molecule has 1 rings (SSSR count). The zero-order valence-electron chi connectivity index (χ0n) is 11.7. The van der Waals surface area contributed by atoms with E-state index in [4.69, 9.17) is 0 Å². The molecule has 0 amide bonds. The Bertz CT molecular complexity index is 385. The lowest BCUT2D eigenvalue weighted by atomic mass is 9.95. The van der Waals surface area contributed by atoms with Crippen molar-refractivity contribution in [2.75, 3.05) is 6.54 Å². The standard InChI is InChI=1S/C15H23BrFN/c1-5-11(10-18-15(2,3)4)8-12-9-13(16)6-7-14(12)17/h6-7,9,11,18H,5,8,10H2,1-4H3. The summed E-state index contributed by atoms with van der Waals surface area (Å²) in [5.74, 6) is 0.362. The molecule has 0 aromatic heterocycles. The minimum atomic E-state index is -0.104. The average molecular weight is 316 g/mol. The van der Waals surface area contributed by atoms with Gasteiger partial charge in [0.1, 0.15) is 5.82 Å². The molecule has 0 saturated heterocycles. The molecule has 0 saturated carbocycles. The van der Waals surface area contributed by atoms with E-state index in [-0.39, 0.29) is 11.4 Å². The van der Waals surface area contributed by atoms with Gasteiger partial charge in [0.15, 0.2) is 0 Å². The van der Waals surface area contributed by atoms with Gasteiger partial charge in [-0.2, -0.15) is 0 Å². The summed E-state index contributed by atoms with van der Waals surface area (Å²) in [5, 5.41) is 3.49. The van der Waals surface area contributed by atoms with Crippen molar-refractivity contribution in [2.24, 2.45) is 5.92 Å². The molecular weight excluding hydrogens is 293 g/mol. The molecule has 1 aromatic carbocycles. The van der Waals surface area contributed by atoms with Gasteiger partial charge in [0.05, 0.1) is 0 Å². The van der Waals surface area contributed by atoms with Gasteiger partial charge in [-0.1, -0.05) is 29.3 Å². The summed E-state index contributed by atoms with van der Waals surface area (Å²) in [4.78, 5) is 0. The Morgan fingerprint density at radius 2 is 2.00 bits per heavy atom. The van der Waals surface area contributed by atoms with E-state index in [9.17, 15) is 4.39 Å². The first kappa shape index (κ1) is 15.6. The van der Waals surface area contributed by atoms with Gasteiger partial charge >= 0.3 is 0 Å². The van der Waals surface area contributed by atoms with Gasteiger partial charge in [-0.15, -0.1) is 0 Å². The fourth-order valence-corrected chi connectivity index (χ4v) is 2.23. The third-order valence-electron chi connectivity index (χ3n) is 3.01. The quantitative estimate of drug-likeness (QED) is 0.840. The van der Waals surface area contributed by atoms with Crippen LogP contribution in [-0.2, 0) is 6.42 Å². The third kappa shape index (κ3) is 5.49. The summed E-state index contributed by atoms with van der Waals surface area (Å²) in [6.45, 7) is 9.54. The molecule has 0 aliphatic heterocycles. The number of hydrogen-bond acceptors (Lipinski definition) is 1. The first-order valence-electron chi connectivity index (χ1n) is 6.50. The Balaban J connectivity index is 2.65. The number of benzene rings is 1. The van der Waals surface area contributed by atoms with Crippen LogP contribution in [0.15, 0.2) is 22.7 Å². The molecule has 0 fully saturated rings. The highest BCUT2D eigenvalue weighted by molar-refractivity contribution is 9.10. The van der Waals surface area contributed by atoms with E-state index < -0.39 is 0 Å². The van der Waals surface area contributed by atoms with E-state index in [1.165, 1.54) is 6.07 Å². The SMILES string of the molecule is CCC(CNC(C)(C)C)Cc1cc(Br)ccc1F. The Hall–Kier alpha value is -0.410. The highest BCUT2D eigenvalue weighted by Crippen LogP contribution is 2.20. The molecule has 0 heterocycles. The van der Waals surface area contributed by atoms with Crippen molar-refractivity contribution in [3.05, 3.63) is 34.1 Å². The second-order valence-corrected chi connectivity index (χ2v) is 6.76. The van der Waals surface area contributed by atoms with Gasteiger partial charge < -0.3 is 5.32 Å². The zero-order chi connectivity index (χ0) is 13.8. The van der Waals surface area contributed by atoms with Crippen molar-refractivity contribution in [1.29, 1.82) is 0 Å². The van der Waals surface area contributed by atoms with Crippen molar-refractivity contribution in [2.45, 2.75) is 46.1 Å². The van der Waals surface area contributed by atoms with Crippen molar-refractivity contribution in [3.63, 3.8) is 0 Å². The van der Waals surface area contributed by atoms with Crippen LogP contribution in [0.4, 0.5) is 4.39 Å². The Kier molecular flexibility index (Phi) is 5.80. The molecule has 0 radical (unpaired) electrons. The average Bonchev–Trinajstić information content (AvgIpc) is 2.27. The molecule has 1 aromatic rings. The molecule has 1 atom stereocenters. The fraction of sp³-hybridized carbons (Fsp3) is 0.600. The minimum Gasteiger partial charge on any atom is -0.312 e. The maximum atomic E-state index is 13.7. The maximum absolute atomic E-state index is 13.7. The van der Waals surface area contributed by atoms with Crippen LogP contribution >= 0.6 is 15.9 Å². The Morgan fingerprint density at radius 1 is 1.33 bits per heavy atom. The normalized spacial score (nSPS) is 13.7. The molecule has 3 heteroatoms. The van der Waals surface area contributed by atoms with Crippen molar-refractivity contribution < 1.29 is 4.39 Å². The van der Waals surface area contributed by atoms with E-state index in [2.05, 4.69) is 48.9 Å². The van der Waals surface area contributed by atoms with E-state index in [0.717, 1.165) is 29.4 Å². The van der Waals surface area contributed by atoms with E-state index in [1.807, 2.05) is 6.07 Å². The van der Waals surface area contributed by atoms with E-state index in [1.54, 1.807) is 6.07 Å². The summed E-state index contributed by atoms with van der Waals surface area (Å²) < 4.78 is 14.6. The lowest BCUT2D eigenvalue weighted by Gasteiger charge is -2.25. The van der Waals surface area contributed by atoms with E-state index >= 15 is 0 Å². The predicted octanol–water partition coefficient (Wildman–Crippen LogP) is 4.55. The first-order valence-corrected chi connectivity index (χ1v) is 7.30. The summed E-state index contributed by atoms with van der Waals surface area (Å²) in [5.41, 5.74) is 0.912. The molecule has 18 heavy (non-hydrogen) atoms. The fourth-order valence-electron chi connectivity index (χ4n) is 1.82. The molecule has 1 nitrogen and oxygen atoms in total. The van der Waals surface area contributed by atoms with Crippen molar-refractivity contribution >= 4 is 15.9 Å². The Labute approximate surface area is 118 Å². The number of hydrogen-bond donors (Lipinski definition) is 1. The summed E-state index contributed by atoms with van der Waals surface area (Å²) in [6, 6.07) is 5.16. The zero-order valence-corrected chi connectivity index (χ0v) is 13.3. The van der Waals surface area contributed by atoms with Gasteiger partial charge in [-0.05, 0) is 63.4 Å². The lowest BCUT2D eigenvalue weighted by Crippen LogP contribution is -2.39. The molecule has 0 spiro atoms. The maximum Gasteiger partial charge on any atom is 0.126 e. The van der Waals surface area contributed by atoms with Gasteiger partial charge in [0, 0.05) is 10.0 Å². The third-order valence-corrected chi connectivity index (χ3v) is 3.51. The summed E-state index contributed by atoms with van der Waals surface area (Å²) >= 11 is 3.40. The van der Waals surface area contributed by atoms with Crippen LogP contribution in [0.2, 0.25) is 0 Å². The van der Waals surface area contributed by atoms with Crippen LogP contribution in [0.3, 0.4) is 0 Å². The topological polar surface area (TPSA) is 12.0 Å². The number of rotatable bonds is 5. The van der Waals surface area contributed by atoms with Gasteiger partial charge in [0.25, 0.3) is 0 Å². The first-order chi connectivity index (χ1) is 8.31. The Morgan fingerprint density at radius 3 is 2.56 bits per heavy atom. The van der Waals surface area contributed by atoms with Crippen molar-refractivity contribution in [3.8, 4) is 0 Å². The predicted molar refractivity (Wildman–Crippen MR) is 79.3 cm³/mol. The van der Waals surface area contributed by atoms with Gasteiger partial charge in [-0.25, -0.2) is 4.39 Å².